The molecule has 1 amide bonds. The molecule has 0 radical (unpaired) electrons. The molecule has 0 aromatic heterocycles. The Morgan fingerprint density at radius 2 is 1.94 bits per heavy atom. The Labute approximate surface area is 106 Å². The van der Waals surface area contributed by atoms with Crippen molar-refractivity contribution in [1.29, 1.82) is 0 Å². The molecule has 5 N–H and O–H groups in total. The molecular weight excluding hydrogens is 252 g/mol. The maximum absolute atomic E-state index is 10.9. The summed E-state index contributed by atoms with van der Waals surface area (Å²) in [5.74, 6) is -0.331. The summed E-state index contributed by atoms with van der Waals surface area (Å²) in [4.78, 5) is 10.9. The molecule has 0 bridgehead atoms. The number of carbonyl (C=O) groups is 1. The van der Waals surface area contributed by atoms with Crippen LogP contribution in [0.5, 0.6) is 0 Å². The molecule has 1 fully saturated rings. The molecule has 5 unspecified atom stereocenters. The third-order valence-electron chi connectivity index (χ3n) is 2.58. The van der Waals surface area contributed by atoms with Crippen LogP contribution in [0.3, 0.4) is 0 Å². The number of amides is 1. The monoisotopic (exact) mass is 270 g/mol. The second-order valence-corrected chi connectivity index (χ2v) is 3.77. The van der Waals surface area contributed by atoms with Gasteiger partial charge in [0.2, 0.25) is 5.91 Å². The Balaban J connectivity index is 0.00000256. The zero-order chi connectivity index (χ0) is 12.3. The molecule has 1 heterocycles. The third kappa shape index (κ3) is 3.77. The molecule has 1 saturated heterocycles. The molecule has 5 atom stereocenters. The fourth-order valence-electron chi connectivity index (χ4n) is 1.76. The molecule has 0 aromatic carbocycles. The van der Waals surface area contributed by atoms with Crippen LogP contribution in [-0.2, 0) is 9.53 Å². The van der Waals surface area contributed by atoms with Crippen molar-refractivity contribution >= 4 is 18.3 Å². The van der Waals surface area contributed by atoms with Crippen LogP contribution in [-0.4, -0.2) is 65.5 Å². The van der Waals surface area contributed by atoms with Crippen LogP contribution in [0.15, 0.2) is 0 Å². The van der Waals surface area contributed by atoms with Crippen LogP contribution in [0.4, 0.5) is 0 Å². The van der Waals surface area contributed by atoms with Crippen molar-refractivity contribution in [2.24, 2.45) is 0 Å². The number of ether oxygens (including phenoxy) is 1. The molecule has 1 aliphatic rings. The van der Waals surface area contributed by atoms with Crippen molar-refractivity contribution in [3.8, 4) is 0 Å². The van der Waals surface area contributed by atoms with Crippen molar-refractivity contribution < 1.29 is 24.9 Å². The van der Waals surface area contributed by atoms with Crippen LogP contribution in [0.1, 0.15) is 6.92 Å². The number of hydrogen-bond donors (Lipinski definition) is 5. The fraction of sp³-hybridized carbons (Fsp3) is 0.889. The average Bonchev–Trinajstić information content (AvgIpc) is 2.25. The summed E-state index contributed by atoms with van der Waals surface area (Å²) >= 11 is 0. The summed E-state index contributed by atoms with van der Waals surface area (Å²) in [7, 11) is 1.60. The first-order valence-corrected chi connectivity index (χ1v) is 5.08. The minimum atomic E-state index is -1.23. The van der Waals surface area contributed by atoms with Gasteiger partial charge in [0.15, 0.2) is 0 Å². The smallest absolute Gasteiger partial charge is 0.217 e. The zero-order valence-corrected chi connectivity index (χ0v) is 10.5. The topological polar surface area (TPSA) is 111 Å². The molecule has 0 spiro atoms. The normalized spacial score (nSPS) is 37.1. The third-order valence-corrected chi connectivity index (χ3v) is 2.58. The van der Waals surface area contributed by atoms with Crippen LogP contribution < -0.4 is 10.6 Å². The summed E-state index contributed by atoms with van der Waals surface area (Å²) in [5.41, 5.74) is 0. The Bertz CT molecular complexity index is 254. The van der Waals surface area contributed by atoms with Crippen LogP contribution >= 0.6 is 12.4 Å². The van der Waals surface area contributed by atoms with E-state index in [-0.39, 0.29) is 18.3 Å². The molecular formula is C9H19ClN2O5. The van der Waals surface area contributed by atoms with E-state index in [1.54, 1.807) is 7.05 Å². The Hall–Kier alpha value is -0.440. The lowest BCUT2D eigenvalue weighted by Crippen LogP contribution is -2.66. The van der Waals surface area contributed by atoms with Crippen LogP contribution in [0.25, 0.3) is 0 Å². The van der Waals surface area contributed by atoms with Crippen molar-refractivity contribution in [3.05, 3.63) is 0 Å². The molecule has 1 rings (SSSR count). The molecule has 102 valence electrons. The minimum Gasteiger partial charge on any atom is -0.394 e. The Morgan fingerprint density at radius 1 is 1.35 bits per heavy atom. The molecule has 8 heteroatoms. The highest BCUT2D eigenvalue weighted by molar-refractivity contribution is 5.85. The van der Waals surface area contributed by atoms with Crippen molar-refractivity contribution in [3.63, 3.8) is 0 Å². The largest absolute Gasteiger partial charge is 0.394 e. The van der Waals surface area contributed by atoms with E-state index in [1.807, 2.05) is 0 Å². The van der Waals surface area contributed by atoms with Gasteiger partial charge in [0.05, 0.1) is 12.6 Å². The van der Waals surface area contributed by atoms with Gasteiger partial charge in [-0.05, 0) is 7.05 Å². The number of rotatable bonds is 3. The number of hydrogen-bond acceptors (Lipinski definition) is 6. The number of carbonyl (C=O) groups excluding carboxylic acids is 1. The predicted molar refractivity (Wildman–Crippen MR) is 61.7 cm³/mol. The van der Waals surface area contributed by atoms with E-state index in [9.17, 15) is 15.0 Å². The van der Waals surface area contributed by atoms with Gasteiger partial charge in [-0.25, -0.2) is 0 Å². The maximum atomic E-state index is 10.9. The van der Waals surface area contributed by atoms with Gasteiger partial charge in [-0.15, -0.1) is 12.4 Å². The maximum Gasteiger partial charge on any atom is 0.217 e. The van der Waals surface area contributed by atoms with Gasteiger partial charge in [-0.3, -0.25) is 10.1 Å². The van der Waals surface area contributed by atoms with E-state index in [0.717, 1.165) is 0 Å². The average molecular weight is 271 g/mol. The summed E-state index contributed by atoms with van der Waals surface area (Å²) in [5, 5.41) is 33.6. The number of aliphatic hydroxyl groups excluding tert-OH is 3. The lowest BCUT2D eigenvalue weighted by molar-refractivity contribution is -0.201. The van der Waals surface area contributed by atoms with Gasteiger partial charge in [-0.1, -0.05) is 0 Å². The second-order valence-electron chi connectivity index (χ2n) is 3.77. The standard InChI is InChI=1S/C9H18N2O5.ClH/c1-4(13)11-6-8(15)7(14)5(3-12)16-9(6)10-2;/h5-10,12,14-15H,3H2,1-2H3,(H,11,13);1H. The Morgan fingerprint density at radius 3 is 2.35 bits per heavy atom. The van der Waals surface area contributed by atoms with Crippen LogP contribution in [0, 0.1) is 0 Å². The second kappa shape index (κ2) is 7.10. The first-order valence-electron chi connectivity index (χ1n) is 5.08. The number of nitrogens with one attached hydrogen (secondary N) is 2. The van der Waals surface area contributed by atoms with Gasteiger partial charge < -0.3 is 25.4 Å². The Kier molecular flexibility index (Phi) is 6.91. The van der Waals surface area contributed by atoms with Crippen molar-refractivity contribution in [2.75, 3.05) is 13.7 Å². The predicted octanol–water partition coefficient (Wildman–Crippen LogP) is -2.43. The lowest BCUT2D eigenvalue weighted by Gasteiger charge is -2.42. The highest BCUT2D eigenvalue weighted by atomic mass is 35.5. The molecule has 0 aliphatic carbocycles. The number of aliphatic hydroxyl groups is 3. The quantitative estimate of drug-likeness (QED) is 0.390. The van der Waals surface area contributed by atoms with Crippen LogP contribution in [0.2, 0.25) is 0 Å². The van der Waals surface area contributed by atoms with Crippen molar-refractivity contribution in [1.82, 2.24) is 10.6 Å². The van der Waals surface area contributed by atoms with E-state index in [2.05, 4.69) is 10.6 Å². The summed E-state index contributed by atoms with van der Waals surface area (Å²) in [6, 6.07) is -0.750. The first kappa shape index (κ1) is 16.6. The molecule has 17 heavy (non-hydrogen) atoms. The van der Waals surface area contributed by atoms with Gasteiger partial charge >= 0.3 is 0 Å². The molecule has 0 aromatic rings. The highest BCUT2D eigenvalue weighted by Gasteiger charge is 2.43. The summed E-state index contributed by atoms with van der Waals surface area (Å²) in [6.07, 6.45) is -3.93. The van der Waals surface area contributed by atoms with E-state index in [1.165, 1.54) is 6.92 Å². The first-order chi connectivity index (χ1) is 7.51. The number of likely N-dealkylation sites (N-methyl/N-ethyl adjacent to an activating group) is 1. The summed E-state index contributed by atoms with van der Waals surface area (Å²) < 4.78 is 5.30. The highest BCUT2D eigenvalue weighted by Crippen LogP contribution is 2.19. The summed E-state index contributed by atoms with van der Waals surface area (Å²) in [6.45, 7) is 0.910. The van der Waals surface area contributed by atoms with E-state index in [0.29, 0.717) is 0 Å². The van der Waals surface area contributed by atoms with E-state index < -0.39 is 37.2 Å². The molecule has 0 saturated carbocycles. The number of halogens is 1. The zero-order valence-electron chi connectivity index (χ0n) is 9.66. The lowest BCUT2D eigenvalue weighted by atomic mass is 9.96. The van der Waals surface area contributed by atoms with Gasteiger partial charge in [0, 0.05) is 6.92 Å². The van der Waals surface area contributed by atoms with E-state index >= 15 is 0 Å². The minimum absolute atomic E-state index is 0. The SMILES string of the molecule is CNC1OC(CO)C(O)C(O)C1NC(C)=O.Cl. The molecule has 1 aliphatic heterocycles. The van der Waals surface area contributed by atoms with E-state index in [4.69, 9.17) is 9.84 Å². The molecule has 7 nitrogen and oxygen atoms in total. The fourth-order valence-corrected chi connectivity index (χ4v) is 1.76. The van der Waals surface area contributed by atoms with Crippen molar-refractivity contribution in [2.45, 2.75) is 37.5 Å². The van der Waals surface area contributed by atoms with Gasteiger partial charge in [0.1, 0.15) is 24.5 Å². The van der Waals surface area contributed by atoms with Gasteiger partial charge in [0.25, 0.3) is 0 Å². The van der Waals surface area contributed by atoms with Gasteiger partial charge in [-0.2, -0.15) is 0 Å².